The first-order valence-electron chi connectivity index (χ1n) is 6.59. The molecule has 1 N–H and O–H groups in total. The summed E-state index contributed by atoms with van der Waals surface area (Å²) in [4.78, 5) is 0. The summed E-state index contributed by atoms with van der Waals surface area (Å²) in [6.07, 6.45) is 1.46. The van der Waals surface area contributed by atoms with Crippen molar-refractivity contribution in [2.75, 3.05) is 13.6 Å². The van der Waals surface area contributed by atoms with E-state index in [1.54, 1.807) is 0 Å². The van der Waals surface area contributed by atoms with Crippen LogP contribution in [-0.4, -0.2) is 19.7 Å². The van der Waals surface area contributed by atoms with Gasteiger partial charge >= 0.3 is 0 Å². The molecule has 0 amide bonds. The minimum absolute atomic E-state index is 0.0966. The second-order valence-corrected chi connectivity index (χ2v) is 6.00. The molecule has 0 saturated heterocycles. The first kappa shape index (κ1) is 15.7. The molecule has 1 aromatic rings. The molecule has 2 unspecified atom stereocenters. The highest BCUT2D eigenvalue weighted by molar-refractivity contribution is 9.10. The van der Waals surface area contributed by atoms with E-state index in [9.17, 15) is 0 Å². The van der Waals surface area contributed by atoms with E-state index in [0.29, 0.717) is 5.92 Å². The van der Waals surface area contributed by atoms with E-state index in [1.165, 1.54) is 5.56 Å². The van der Waals surface area contributed by atoms with E-state index in [1.807, 2.05) is 13.1 Å². The molecule has 0 aromatic heterocycles. The maximum Gasteiger partial charge on any atom is 0.0963 e. The van der Waals surface area contributed by atoms with Gasteiger partial charge < -0.3 is 10.1 Å². The molecular formula is C15H24BrNO. The lowest BCUT2D eigenvalue weighted by Gasteiger charge is -2.24. The highest BCUT2D eigenvalue weighted by atomic mass is 79.9. The van der Waals surface area contributed by atoms with Crippen LogP contribution in [0.5, 0.6) is 0 Å². The van der Waals surface area contributed by atoms with E-state index < -0.39 is 0 Å². The fraction of sp³-hybridized carbons (Fsp3) is 0.600. The van der Waals surface area contributed by atoms with Crippen molar-refractivity contribution in [3.05, 3.63) is 34.3 Å². The molecule has 1 aromatic carbocycles. The zero-order chi connectivity index (χ0) is 13.5. The summed E-state index contributed by atoms with van der Waals surface area (Å²) >= 11 is 3.60. The van der Waals surface area contributed by atoms with E-state index >= 15 is 0 Å². The highest BCUT2D eigenvalue weighted by Crippen LogP contribution is 2.27. The molecule has 0 heterocycles. The number of halogens is 1. The molecule has 18 heavy (non-hydrogen) atoms. The summed E-state index contributed by atoms with van der Waals surface area (Å²) in [5.41, 5.74) is 1.21. The number of ether oxygens (including phenoxy) is 1. The smallest absolute Gasteiger partial charge is 0.0963 e. The zero-order valence-corrected chi connectivity index (χ0v) is 13.3. The van der Waals surface area contributed by atoms with E-state index in [4.69, 9.17) is 4.74 Å². The van der Waals surface area contributed by atoms with E-state index in [-0.39, 0.29) is 12.2 Å². The summed E-state index contributed by atoms with van der Waals surface area (Å²) in [7, 11) is 1.96. The molecule has 0 spiro atoms. The number of hydrogen-bond donors (Lipinski definition) is 1. The maximum absolute atomic E-state index is 6.18. The van der Waals surface area contributed by atoms with Crippen molar-refractivity contribution >= 4 is 15.9 Å². The van der Waals surface area contributed by atoms with Gasteiger partial charge in [-0.25, -0.2) is 0 Å². The molecule has 0 bridgehead atoms. The van der Waals surface area contributed by atoms with Gasteiger partial charge in [-0.1, -0.05) is 48.0 Å². The first-order chi connectivity index (χ1) is 8.54. The molecule has 0 radical (unpaired) electrons. The summed E-state index contributed by atoms with van der Waals surface area (Å²) in [6, 6.07) is 8.27. The average Bonchev–Trinajstić information content (AvgIpc) is 2.28. The highest BCUT2D eigenvalue weighted by Gasteiger charge is 2.17. The van der Waals surface area contributed by atoms with Crippen molar-refractivity contribution in [3.8, 4) is 0 Å². The van der Waals surface area contributed by atoms with Crippen LogP contribution in [0, 0.1) is 5.92 Å². The molecule has 2 nitrogen and oxygen atoms in total. The third-order valence-corrected chi connectivity index (χ3v) is 3.56. The fourth-order valence-corrected chi connectivity index (χ4v) is 2.69. The van der Waals surface area contributed by atoms with Crippen molar-refractivity contribution in [3.63, 3.8) is 0 Å². The van der Waals surface area contributed by atoms with Crippen LogP contribution in [0.25, 0.3) is 0 Å². The molecule has 0 aliphatic carbocycles. The van der Waals surface area contributed by atoms with Crippen LogP contribution in [0.4, 0.5) is 0 Å². The topological polar surface area (TPSA) is 21.3 Å². The predicted molar refractivity (Wildman–Crippen MR) is 80.8 cm³/mol. The second kappa shape index (κ2) is 7.93. The molecule has 0 aliphatic heterocycles. The molecule has 2 atom stereocenters. The molecule has 0 aliphatic rings. The molecule has 3 heteroatoms. The Morgan fingerprint density at radius 2 is 1.89 bits per heavy atom. The third-order valence-electron chi connectivity index (χ3n) is 2.84. The van der Waals surface area contributed by atoms with Crippen molar-refractivity contribution in [2.24, 2.45) is 5.92 Å². The Kier molecular flexibility index (Phi) is 6.90. The number of benzene rings is 1. The van der Waals surface area contributed by atoms with Gasteiger partial charge in [0.25, 0.3) is 0 Å². The van der Waals surface area contributed by atoms with Gasteiger partial charge in [-0.3, -0.25) is 0 Å². The van der Waals surface area contributed by atoms with Crippen LogP contribution in [-0.2, 0) is 4.74 Å². The minimum Gasteiger partial charge on any atom is -0.369 e. The van der Waals surface area contributed by atoms with Crippen molar-refractivity contribution in [1.29, 1.82) is 0 Å². The van der Waals surface area contributed by atoms with Crippen LogP contribution in [0.3, 0.4) is 0 Å². The summed E-state index contributed by atoms with van der Waals surface area (Å²) < 4.78 is 7.29. The van der Waals surface area contributed by atoms with Crippen LogP contribution in [0.15, 0.2) is 28.7 Å². The summed E-state index contributed by atoms with van der Waals surface area (Å²) in [5, 5.41) is 3.21. The lowest BCUT2D eigenvalue weighted by Crippen LogP contribution is -2.24. The van der Waals surface area contributed by atoms with Crippen molar-refractivity contribution in [1.82, 2.24) is 5.32 Å². The van der Waals surface area contributed by atoms with Crippen LogP contribution in [0.1, 0.15) is 38.9 Å². The molecule has 102 valence electrons. The lowest BCUT2D eigenvalue weighted by molar-refractivity contribution is -0.0121. The van der Waals surface area contributed by atoms with Gasteiger partial charge in [0, 0.05) is 11.0 Å². The maximum atomic E-state index is 6.18. The summed E-state index contributed by atoms with van der Waals surface area (Å²) in [5.74, 6) is 0.662. The Hall–Kier alpha value is -0.380. The standard InChI is InChI=1S/C15H24BrNO/c1-11(2)9-12(3)18-15(10-17-4)13-7-5-6-8-14(13)16/h5-8,11-12,15,17H,9-10H2,1-4H3. The molecular weight excluding hydrogens is 290 g/mol. The Morgan fingerprint density at radius 1 is 1.22 bits per heavy atom. The second-order valence-electron chi connectivity index (χ2n) is 5.14. The van der Waals surface area contributed by atoms with Gasteiger partial charge in [-0.05, 0) is 37.9 Å². The van der Waals surface area contributed by atoms with Gasteiger partial charge in [0.15, 0.2) is 0 Å². The van der Waals surface area contributed by atoms with Gasteiger partial charge in [-0.2, -0.15) is 0 Å². The Bertz CT molecular complexity index is 354. The van der Waals surface area contributed by atoms with E-state index in [0.717, 1.165) is 17.4 Å². The number of rotatable bonds is 7. The molecule has 0 saturated carbocycles. The number of hydrogen-bond acceptors (Lipinski definition) is 2. The number of nitrogens with one attached hydrogen (secondary N) is 1. The van der Waals surface area contributed by atoms with Crippen LogP contribution < -0.4 is 5.32 Å². The van der Waals surface area contributed by atoms with E-state index in [2.05, 4.69) is 60.2 Å². The minimum atomic E-state index is 0.0966. The van der Waals surface area contributed by atoms with Crippen molar-refractivity contribution in [2.45, 2.75) is 39.4 Å². The quantitative estimate of drug-likeness (QED) is 0.816. The summed E-state index contributed by atoms with van der Waals surface area (Å²) in [6.45, 7) is 7.43. The Morgan fingerprint density at radius 3 is 2.44 bits per heavy atom. The zero-order valence-electron chi connectivity index (χ0n) is 11.7. The van der Waals surface area contributed by atoms with Crippen molar-refractivity contribution < 1.29 is 4.74 Å². The number of likely N-dealkylation sites (N-methyl/N-ethyl adjacent to an activating group) is 1. The first-order valence-corrected chi connectivity index (χ1v) is 7.38. The fourth-order valence-electron chi connectivity index (χ4n) is 2.15. The third kappa shape index (κ3) is 5.09. The van der Waals surface area contributed by atoms with Crippen LogP contribution >= 0.6 is 15.9 Å². The average molecular weight is 314 g/mol. The lowest BCUT2D eigenvalue weighted by atomic mass is 10.1. The van der Waals surface area contributed by atoms with Crippen LogP contribution in [0.2, 0.25) is 0 Å². The van der Waals surface area contributed by atoms with Gasteiger partial charge in [-0.15, -0.1) is 0 Å². The predicted octanol–water partition coefficient (Wildman–Crippen LogP) is 4.16. The van der Waals surface area contributed by atoms with Gasteiger partial charge in [0.05, 0.1) is 12.2 Å². The monoisotopic (exact) mass is 313 g/mol. The van der Waals surface area contributed by atoms with Gasteiger partial charge in [0.2, 0.25) is 0 Å². The Balaban J connectivity index is 2.74. The Labute approximate surface area is 119 Å². The van der Waals surface area contributed by atoms with Gasteiger partial charge in [0.1, 0.15) is 0 Å². The largest absolute Gasteiger partial charge is 0.369 e. The molecule has 1 rings (SSSR count). The molecule has 0 fully saturated rings. The SMILES string of the molecule is CNCC(OC(C)CC(C)C)c1ccccc1Br. The normalized spacial score (nSPS) is 14.8.